The largest absolute Gasteiger partial charge is 0.469 e. The summed E-state index contributed by atoms with van der Waals surface area (Å²) < 4.78 is 13.8. The Morgan fingerprint density at radius 3 is 3.00 bits per heavy atom. The normalized spacial score (nSPS) is 26.1. The van der Waals surface area contributed by atoms with Gasteiger partial charge in [0.25, 0.3) is 0 Å². The van der Waals surface area contributed by atoms with Gasteiger partial charge in [0, 0.05) is 24.3 Å². The number of hydrogen-bond acceptors (Lipinski definition) is 4. The van der Waals surface area contributed by atoms with E-state index in [0.717, 1.165) is 42.4 Å². The molecule has 110 valence electrons. The van der Waals surface area contributed by atoms with Crippen molar-refractivity contribution in [2.75, 3.05) is 13.7 Å². The zero-order chi connectivity index (χ0) is 14.1. The van der Waals surface area contributed by atoms with Gasteiger partial charge in [0.1, 0.15) is 3.70 Å². The first kappa shape index (κ1) is 14.3. The van der Waals surface area contributed by atoms with Crippen molar-refractivity contribution in [3.05, 3.63) is 15.0 Å². The Bertz CT molecular complexity index is 509. The molecule has 1 aliphatic heterocycles. The first-order valence-electron chi connectivity index (χ1n) is 7.16. The lowest BCUT2D eigenvalue weighted by Gasteiger charge is -2.27. The molecule has 0 radical (unpaired) electrons. The molecule has 0 saturated carbocycles. The van der Waals surface area contributed by atoms with Crippen LogP contribution in [0.2, 0.25) is 0 Å². The molecule has 0 aromatic carbocycles. The topological polar surface area (TPSA) is 53.3 Å². The number of halogens is 1. The van der Waals surface area contributed by atoms with Crippen LogP contribution in [0.1, 0.15) is 43.2 Å². The summed E-state index contributed by atoms with van der Waals surface area (Å²) in [7, 11) is 1.46. The van der Waals surface area contributed by atoms with Crippen LogP contribution in [0.25, 0.3) is 0 Å². The van der Waals surface area contributed by atoms with Gasteiger partial charge < -0.3 is 9.47 Å². The van der Waals surface area contributed by atoms with E-state index in [-0.39, 0.29) is 18.1 Å². The Kier molecular flexibility index (Phi) is 4.30. The number of esters is 1. The molecule has 0 amide bonds. The van der Waals surface area contributed by atoms with E-state index < -0.39 is 0 Å². The van der Waals surface area contributed by atoms with Crippen LogP contribution in [0.15, 0.2) is 0 Å². The second-order valence-electron chi connectivity index (χ2n) is 5.44. The summed E-state index contributed by atoms with van der Waals surface area (Å²) in [6.45, 7) is 0.802. The fourth-order valence-corrected chi connectivity index (χ4v) is 3.93. The van der Waals surface area contributed by atoms with Gasteiger partial charge in [-0.15, -0.1) is 0 Å². The minimum atomic E-state index is -0.108. The van der Waals surface area contributed by atoms with Crippen molar-refractivity contribution in [2.24, 2.45) is 5.92 Å². The summed E-state index contributed by atoms with van der Waals surface area (Å²) in [5.74, 6) is -0.148. The summed E-state index contributed by atoms with van der Waals surface area (Å²) in [6.07, 6.45) is 5.83. The smallest absolute Gasteiger partial charge is 0.309 e. The molecule has 1 fully saturated rings. The number of aromatic nitrogens is 2. The van der Waals surface area contributed by atoms with Crippen molar-refractivity contribution < 1.29 is 14.3 Å². The SMILES string of the molecule is COC(=O)C1CCc2c(I)nn(C3CCCCO3)c2C1. The summed E-state index contributed by atoms with van der Waals surface area (Å²) in [4.78, 5) is 11.8. The van der Waals surface area contributed by atoms with E-state index in [1.807, 2.05) is 4.68 Å². The number of carbonyl (C=O) groups excluding carboxylic acids is 1. The van der Waals surface area contributed by atoms with Gasteiger partial charge in [0.2, 0.25) is 0 Å². The van der Waals surface area contributed by atoms with Gasteiger partial charge in [-0.2, -0.15) is 5.10 Å². The van der Waals surface area contributed by atoms with Crippen molar-refractivity contribution in [1.29, 1.82) is 0 Å². The van der Waals surface area contributed by atoms with Gasteiger partial charge >= 0.3 is 5.97 Å². The van der Waals surface area contributed by atoms with Crippen molar-refractivity contribution in [3.63, 3.8) is 0 Å². The van der Waals surface area contributed by atoms with Crippen LogP contribution in [0.5, 0.6) is 0 Å². The fraction of sp³-hybridized carbons (Fsp3) is 0.714. The van der Waals surface area contributed by atoms with Gasteiger partial charge in [0.05, 0.1) is 13.0 Å². The molecule has 0 spiro atoms. The van der Waals surface area contributed by atoms with Gasteiger partial charge in [-0.3, -0.25) is 4.79 Å². The Balaban J connectivity index is 1.88. The number of methoxy groups -OCH3 is 1. The van der Waals surface area contributed by atoms with Crippen LogP contribution in [-0.4, -0.2) is 29.5 Å². The van der Waals surface area contributed by atoms with Crippen molar-refractivity contribution in [3.8, 4) is 0 Å². The Morgan fingerprint density at radius 1 is 1.45 bits per heavy atom. The molecule has 2 aliphatic rings. The minimum Gasteiger partial charge on any atom is -0.469 e. The van der Waals surface area contributed by atoms with E-state index in [1.165, 1.54) is 24.8 Å². The minimum absolute atomic E-state index is 0.0393. The standard InChI is InChI=1S/C14H19IN2O3/c1-19-14(18)9-5-6-10-11(8-9)17(16-13(10)15)12-4-2-3-7-20-12/h9,12H,2-8H2,1H3. The maximum atomic E-state index is 11.8. The summed E-state index contributed by atoms with van der Waals surface area (Å²) >= 11 is 2.29. The van der Waals surface area contributed by atoms with E-state index in [1.54, 1.807) is 0 Å². The summed E-state index contributed by atoms with van der Waals surface area (Å²) in [5.41, 5.74) is 2.46. The van der Waals surface area contributed by atoms with Crippen molar-refractivity contribution in [2.45, 2.75) is 44.8 Å². The Morgan fingerprint density at radius 2 is 2.30 bits per heavy atom. The number of carbonyl (C=O) groups is 1. The van der Waals surface area contributed by atoms with E-state index in [0.29, 0.717) is 0 Å². The molecule has 2 heterocycles. The molecular formula is C14H19IN2O3. The molecule has 1 aliphatic carbocycles. The highest BCUT2D eigenvalue weighted by Crippen LogP contribution is 2.33. The highest BCUT2D eigenvalue weighted by atomic mass is 127. The molecule has 2 unspecified atom stereocenters. The molecule has 3 rings (SSSR count). The van der Waals surface area contributed by atoms with E-state index >= 15 is 0 Å². The number of fused-ring (bicyclic) bond motifs is 1. The van der Waals surface area contributed by atoms with Crippen LogP contribution in [0.3, 0.4) is 0 Å². The monoisotopic (exact) mass is 390 g/mol. The van der Waals surface area contributed by atoms with Crippen LogP contribution in [0, 0.1) is 9.62 Å². The Labute approximate surface area is 132 Å². The molecule has 0 N–H and O–H groups in total. The molecule has 6 heteroatoms. The highest BCUT2D eigenvalue weighted by molar-refractivity contribution is 14.1. The maximum Gasteiger partial charge on any atom is 0.309 e. The first-order chi connectivity index (χ1) is 9.70. The molecule has 1 aromatic rings. The van der Waals surface area contributed by atoms with Gasteiger partial charge in [-0.25, -0.2) is 4.68 Å². The number of hydrogen-bond donors (Lipinski definition) is 0. The summed E-state index contributed by atoms with van der Waals surface area (Å²) in [5, 5.41) is 4.66. The van der Waals surface area contributed by atoms with Gasteiger partial charge in [-0.05, 0) is 54.7 Å². The zero-order valence-electron chi connectivity index (χ0n) is 11.6. The highest BCUT2D eigenvalue weighted by Gasteiger charge is 2.32. The zero-order valence-corrected chi connectivity index (χ0v) is 13.8. The summed E-state index contributed by atoms with van der Waals surface area (Å²) in [6, 6.07) is 0. The molecular weight excluding hydrogens is 371 g/mol. The van der Waals surface area contributed by atoms with Gasteiger partial charge in [0.15, 0.2) is 6.23 Å². The number of nitrogens with zero attached hydrogens (tertiary/aromatic N) is 2. The van der Waals surface area contributed by atoms with Crippen LogP contribution in [0.4, 0.5) is 0 Å². The lowest BCUT2D eigenvalue weighted by molar-refractivity contribution is -0.145. The van der Waals surface area contributed by atoms with E-state index in [2.05, 4.69) is 27.7 Å². The predicted molar refractivity (Wildman–Crippen MR) is 81.3 cm³/mol. The van der Waals surface area contributed by atoms with Crippen LogP contribution < -0.4 is 0 Å². The van der Waals surface area contributed by atoms with Crippen LogP contribution >= 0.6 is 22.6 Å². The third-order valence-corrected chi connectivity index (χ3v) is 5.08. The third kappa shape index (κ3) is 2.59. The second kappa shape index (κ2) is 6.01. The quantitative estimate of drug-likeness (QED) is 0.575. The molecule has 1 aromatic heterocycles. The Hall–Kier alpha value is -0.630. The lowest BCUT2D eigenvalue weighted by Crippen LogP contribution is -2.27. The van der Waals surface area contributed by atoms with Gasteiger partial charge in [-0.1, -0.05) is 0 Å². The molecule has 2 atom stereocenters. The lowest BCUT2D eigenvalue weighted by atomic mass is 9.88. The molecule has 5 nitrogen and oxygen atoms in total. The van der Waals surface area contributed by atoms with E-state index in [4.69, 9.17) is 9.47 Å². The third-order valence-electron chi connectivity index (χ3n) is 4.21. The van der Waals surface area contributed by atoms with Crippen molar-refractivity contribution >= 4 is 28.6 Å². The van der Waals surface area contributed by atoms with Crippen LogP contribution in [-0.2, 0) is 27.1 Å². The molecule has 20 heavy (non-hydrogen) atoms. The maximum absolute atomic E-state index is 11.8. The predicted octanol–water partition coefficient (Wildman–Crippen LogP) is 2.46. The van der Waals surface area contributed by atoms with E-state index in [9.17, 15) is 4.79 Å². The molecule has 1 saturated heterocycles. The second-order valence-corrected chi connectivity index (χ2v) is 6.47. The number of rotatable bonds is 2. The average molecular weight is 390 g/mol. The van der Waals surface area contributed by atoms with Crippen molar-refractivity contribution in [1.82, 2.24) is 9.78 Å². The number of ether oxygens (including phenoxy) is 2. The fourth-order valence-electron chi connectivity index (χ4n) is 3.11. The first-order valence-corrected chi connectivity index (χ1v) is 8.23. The average Bonchev–Trinajstić information content (AvgIpc) is 2.84. The molecule has 0 bridgehead atoms.